The van der Waals surface area contributed by atoms with Crippen LogP contribution in [0.5, 0.6) is 5.75 Å². The summed E-state index contributed by atoms with van der Waals surface area (Å²) in [5.41, 5.74) is 3.05. The molecule has 1 heterocycles. The van der Waals surface area contributed by atoms with Gasteiger partial charge in [0.2, 0.25) is 0 Å². The Hall–Kier alpha value is -1.84. The Morgan fingerprint density at radius 1 is 1.05 bits per heavy atom. The van der Waals surface area contributed by atoms with Gasteiger partial charge in [-0.15, -0.1) is 11.3 Å². The van der Waals surface area contributed by atoms with Crippen molar-refractivity contribution in [2.24, 2.45) is 0 Å². The maximum atomic E-state index is 6.15. The van der Waals surface area contributed by atoms with Crippen LogP contribution in [0.1, 0.15) is 0 Å². The zero-order valence-corrected chi connectivity index (χ0v) is 12.4. The highest BCUT2D eigenvalue weighted by molar-refractivity contribution is 7.13. The molecule has 3 aromatic rings. The zero-order valence-electron chi connectivity index (χ0n) is 10.8. The first-order valence-corrected chi connectivity index (χ1v) is 7.38. The SMILES string of the molecule is COc1ccc(-c2csc(-c3ccccc3)n2)cc1Cl. The van der Waals surface area contributed by atoms with Crippen molar-refractivity contribution in [3.8, 4) is 27.6 Å². The van der Waals surface area contributed by atoms with Crippen LogP contribution in [0, 0.1) is 0 Å². The van der Waals surface area contributed by atoms with Gasteiger partial charge in [0.25, 0.3) is 0 Å². The van der Waals surface area contributed by atoms with Crippen LogP contribution in [-0.4, -0.2) is 12.1 Å². The summed E-state index contributed by atoms with van der Waals surface area (Å²) in [6.45, 7) is 0. The molecule has 0 saturated carbocycles. The fourth-order valence-corrected chi connectivity index (χ4v) is 3.04. The van der Waals surface area contributed by atoms with Gasteiger partial charge in [-0.2, -0.15) is 0 Å². The van der Waals surface area contributed by atoms with Crippen molar-refractivity contribution < 1.29 is 4.74 Å². The van der Waals surface area contributed by atoms with Crippen molar-refractivity contribution >= 4 is 22.9 Å². The zero-order chi connectivity index (χ0) is 13.9. The highest BCUT2D eigenvalue weighted by Gasteiger charge is 2.08. The molecule has 20 heavy (non-hydrogen) atoms. The first-order valence-electron chi connectivity index (χ1n) is 6.13. The van der Waals surface area contributed by atoms with Gasteiger partial charge in [-0.3, -0.25) is 0 Å². The van der Waals surface area contributed by atoms with E-state index in [0.717, 1.165) is 21.8 Å². The molecule has 2 aromatic carbocycles. The second kappa shape index (κ2) is 5.65. The first-order chi connectivity index (χ1) is 9.78. The van der Waals surface area contributed by atoms with Crippen molar-refractivity contribution in [2.75, 3.05) is 7.11 Å². The first kappa shape index (κ1) is 13.2. The molecule has 0 unspecified atom stereocenters. The van der Waals surface area contributed by atoms with Crippen LogP contribution in [0.25, 0.3) is 21.8 Å². The molecule has 0 saturated heterocycles. The van der Waals surface area contributed by atoms with Gasteiger partial charge in [0, 0.05) is 16.5 Å². The summed E-state index contributed by atoms with van der Waals surface area (Å²) >= 11 is 7.78. The van der Waals surface area contributed by atoms with E-state index in [4.69, 9.17) is 16.3 Å². The van der Waals surface area contributed by atoms with E-state index in [1.807, 2.05) is 41.8 Å². The smallest absolute Gasteiger partial charge is 0.137 e. The maximum Gasteiger partial charge on any atom is 0.137 e. The van der Waals surface area contributed by atoms with E-state index < -0.39 is 0 Å². The predicted octanol–water partition coefficient (Wildman–Crippen LogP) is 5.14. The minimum Gasteiger partial charge on any atom is -0.495 e. The van der Waals surface area contributed by atoms with Crippen LogP contribution in [0.2, 0.25) is 5.02 Å². The quantitative estimate of drug-likeness (QED) is 0.668. The second-order valence-corrected chi connectivity index (χ2v) is 5.52. The molecule has 0 radical (unpaired) electrons. The molecule has 1 aromatic heterocycles. The Labute approximate surface area is 126 Å². The Morgan fingerprint density at radius 3 is 2.55 bits per heavy atom. The Balaban J connectivity index is 1.96. The highest BCUT2D eigenvalue weighted by Crippen LogP contribution is 2.33. The van der Waals surface area contributed by atoms with E-state index in [0.29, 0.717) is 10.8 Å². The van der Waals surface area contributed by atoms with E-state index in [1.165, 1.54) is 0 Å². The van der Waals surface area contributed by atoms with Crippen molar-refractivity contribution in [1.29, 1.82) is 0 Å². The van der Waals surface area contributed by atoms with Gasteiger partial charge in [0.05, 0.1) is 17.8 Å². The highest BCUT2D eigenvalue weighted by atomic mass is 35.5. The van der Waals surface area contributed by atoms with Crippen molar-refractivity contribution in [3.05, 3.63) is 58.9 Å². The number of aromatic nitrogens is 1. The summed E-state index contributed by atoms with van der Waals surface area (Å²) in [5, 5.41) is 3.65. The monoisotopic (exact) mass is 301 g/mol. The molecule has 0 bridgehead atoms. The molecule has 0 aliphatic carbocycles. The lowest BCUT2D eigenvalue weighted by atomic mass is 10.1. The van der Waals surface area contributed by atoms with Crippen LogP contribution < -0.4 is 4.74 Å². The standard InChI is InChI=1S/C16H12ClNOS/c1-19-15-8-7-12(9-13(15)17)14-10-20-16(18-14)11-5-3-2-4-6-11/h2-10H,1H3. The molecule has 0 aliphatic heterocycles. The molecular weight excluding hydrogens is 290 g/mol. The van der Waals surface area contributed by atoms with Gasteiger partial charge >= 0.3 is 0 Å². The van der Waals surface area contributed by atoms with E-state index in [2.05, 4.69) is 17.1 Å². The molecule has 0 amide bonds. The summed E-state index contributed by atoms with van der Waals surface area (Å²) in [6.07, 6.45) is 0. The summed E-state index contributed by atoms with van der Waals surface area (Å²) in [4.78, 5) is 4.67. The molecular formula is C16H12ClNOS. The van der Waals surface area contributed by atoms with Crippen LogP contribution in [0.4, 0.5) is 0 Å². The number of rotatable bonds is 3. The second-order valence-electron chi connectivity index (χ2n) is 4.25. The third-order valence-corrected chi connectivity index (χ3v) is 4.16. The molecule has 3 rings (SSSR count). The van der Waals surface area contributed by atoms with Gasteiger partial charge in [-0.05, 0) is 18.2 Å². The minimum atomic E-state index is 0.597. The van der Waals surface area contributed by atoms with Gasteiger partial charge in [0.15, 0.2) is 0 Å². The lowest BCUT2D eigenvalue weighted by Crippen LogP contribution is -1.85. The van der Waals surface area contributed by atoms with Crippen molar-refractivity contribution in [2.45, 2.75) is 0 Å². The molecule has 0 atom stereocenters. The number of hydrogen-bond acceptors (Lipinski definition) is 3. The molecule has 0 N–H and O–H groups in total. The number of benzene rings is 2. The average molecular weight is 302 g/mol. The van der Waals surface area contributed by atoms with Gasteiger partial charge in [-0.1, -0.05) is 41.9 Å². The van der Waals surface area contributed by atoms with E-state index in [1.54, 1.807) is 18.4 Å². The van der Waals surface area contributed by atoms with E-state index >= 15 is 0 Å². The Bertz CT molecular complexity index is 724. The number of hydrogen-bond donors (Lipinski definition) is 0. The predicted molar refractivity (Wildman–Crippen MR) is 84.5 cm³/mol. The molecule has 100 valence electrons. The fourth-order valence-electron chi connectivity index (χ4n) is 1.95. The normalized spacial score (nSPS) is 10.5. The number of nitrogens with zero attached hydrogens (tertiary/aromatic N) is 1. The molecule has 0 spiro atoms. The Kier molecular flexibility index (Phi) is 3.72. The molecule has 0 aliphatic rings. The number of thiazole rings is 1. The van der Waals surface area contributed by atoms with Crippen LogP contribution in [-0.2, 0) is 0 Å². The van der Waals surface area contributed by atoms with Gasteiger partial charge in [-0.25, -0.2) is 4.98 Å². The fraction of sp³-hybridized carbons (Fsp3) is 0.0625. The van der Waals surface area contributed by atoms with Crippen LogP contribution in [0.15, 0.2) is 53.9 Å². The third-order valence-electron chi connectivity index (χ3n) is 2.97. The van der Waals surface area contributed by atoms with Gasteiger partial charge < -0.3 is 4.74 Å². The maximum absolute atomic E-state index is 6.15. The minimum absolute atomic E-state index is 0.597. The number of ether oxygens (including phenoxy) is 1. The summed E-state index contributed by atoms with van der Waals surface area (Å²) in [6, 6.07) is 15.9. The van der Waals surface area contributed by atoms with Crippen molar-refractivity contribution in [3.63, 3.8) is 0 Å². The largest absolute Gasteiger partial charge is 0.495 e. The van der Waals surface area contributed by atoms with Crippen LogP contribution in [0.3, 0.4) is 0 Å². The third kappa shape index (κ3) is 2.55. The molecule has 2 nitrogen and oxygen atoms in total. The average Bonchev–Trinajstić information content (AvgIpc) is 2.98. The van der Waals surface area contributed by atoms with Gasteiger partial charge in [0.1, 0.15) is 10.8 Å². The topological polar surface area (TPSA) is 22.1 Å². The lowest BCUT2D eigenvalue weighted by Gasteiger charge is -2.04. The molecule has 4 heteroatoms. The summed E-state index contributed by atoms with van der Waals surface area (Å²) in [5.74, 6) is 0.675. The number of methoxy groups -OCH3 is 1. The summed E-state index contributed by atoms with van der Waals surface area (Å²) in [7, 11) is 1.61. The van der Waals surface area contributed by atoms with Crippen LogP contribution >= 0.6 is 22.9 Å². The lowest BCUT2D eigenvalue weighted by molar-refractivity contribution is 0.415. The van der Waals surface area contributed by atoms with Crippen molar-refractivity contribution in [1.82, 2.24) is 4.98 Å². The summed E-state index contributed by atoms with van der Waals surface area (Å²) < 4.78 is 5.16. The number of halogens is 1. The Morgan fingerprint density at radius 2 is 1.85 bits per heavy atom. The van der Waals surface area contributed by atoms with E-state index in [9.17, 15) is 0 Å². The molecule has 0 fully saturated rings. The van der Waals surface area contributed by atoms with E-state index in [-0.39, 0.29) is 0 Å².